The summed E-state index contributed by atoms with van der Waals surface area (Å²) in [4.78, 5) is 41.2. The van der Waals surface area contributed by atoms with Crippen LogP contribution in [0.2, 0.25) is 0 Å². The Bertz CT molecular complexity index is 663. The van der Waals surface area contributed by atoms with Gasteiger partial charge in [0.15, 0.2) is 0 Å². The highest BCUT2D eigenvalue weighted by atomic mass is 16.2. The van der Waals surface area contributed by atoms with Crippen LogP contribution in [0.5, 0.6) is 0 Å². The van der Waals surface area contributed by atoms with Crippen molar-refractivity contribution in [2.24, 2.45) is 0 Å². The van der Waals surface area contributed by atoms with Crippen LogP contribution in [0.15, 0.2) is 10.9 Å². The summed E-state index contributed by atoms with van der Waals surface area (Å²) in [6.45, 7) is 4.55. The summed E-state index contributed by atoms with van der Waals surface area (Å²) in [7, 11) is 0. The molecule has 0 aliphatic carbocycles. The van der Waals surface area contributed by atoms with Gasteiger partial charge in [-0.1, -0.05) is 19.3 Å². The van der Waals surface area contributed by atoms with E-state index in [2.05, 4.69) is 37.0 Å². The highest BCUT2D eigenvalue weighted by Crippen LogP contribution is 1.99. The molecule has 0 fully saturated rings. The summed E-state index contributed by atoms with van der Waals surface area (Å²) in [5, 5.41) is 10.9. The average molecular weight is 411 g/mol. The maximum atomic E-state index is 11.8. The number of carbonyl (C=O) groups is 2. The molecule has 0 spiro atoms. The molecule has 0 saturated heterocycles. The van der Waals surface area contributed by atoms with E-state index in [-0.39, 0.29) is 17.5 Å². The molecule has 164 valence electrons. The van der Waals surface area contributed by atoms with Crippen LogP contribution in [0.1, 0.15) is 57.1 Å². The molecule has 0 bridgehead atoms. The quantitative estimate of drug-likeness (QED) is 0.252. The Morgan fingerprint density at radius 3 is 1.93 bits per heavy atom. The molecule has 4 amide bonds. The molecule has 29 heavy (non-hydrogen) atoms. The number of urea groups is 2. The molecule has 8 N–H and O–H groups in total. The molecule has 10 nitrogen and oxygen atoms in total. The molecule has 0 saturated carbocycles. The van der Waals surface area contributed by atoms with Gasteiger partial charge in [0.2, 0.25) is 5.95 Å². The summed E-state index contributed by atoms with van der Waals surface area (Å²) >= 11 is 0. The Labute approximate surface area is 171 Å². The number of nitrogens with one attached hydrogen (secondary N) is 5. The van der Waals surface area contributed by atoms with Crippen molar-refractivity contribution in [3.8, 4) is 0 Å². The minimum Gasteiger partial charge on any atom is -0.358 e. The first-order valence-electron chi connectivity index (χ1n) is 10.4. The standard InChI is InChI=1S/C19H35N7O3/c1-15-14-16(27)25-17(24-15)26-19(29)23-13-9-5-4-8-12-22-18(28)21-11-7-3-2-6-10-20/h14H,2-13,20H2,1H3,(H2,21,22,28)(H3,23,24,25,26,27,29)/p+1. The van der Waals surface area contributed by atoms with Crippen molar-refractivity contribution in [1.82, 2.24) is 25.9 Å². The van der Waals surface area contributed by atoms with Gasteiger partial charge in [-0.15, -0.1) is 0 Å². The molecule has 0 aliphatic rings. The average Bonchev–Trinajstić information content (AvgIpc) is 2.65. The lowest BCUT2D eigenvalue weighted by Gasteiger charge is -2.08. The molecule has 10 heteroatoms. The lowest BCUT2D eigenvalue weighted by Crippen LogP contribution is -2.50. The number of hydrogen-bond acceptors (Lipinski definition) is 4. The van der Waals surface area contributed by atoms with Crippen LogP contribution in [0.3, 0.4) is 0 Å². The predicted octanol–water partition coefficient (Wildman–Crippen LogP) is 0.862. The molecular weight excluding hydrogens is 374 g/mol. The normalized spacial score (nSPS) is 10.4. The maximum Gasteiger partial charge on any atom is 0.321 e. The summed E-state index contributed by atoms with van der Waals surface area (Å²) in [5.74, 6) is 0.134. The summed E-state index contributed by atoms with van der Waals surface area (Å²) in [6, 6.07) is 0.848. The summed E-state index contributed by atoms with van der Waals surface area (Å²) < 4.78 is 0. The SMILES string of the molecule is Cc1cc(=O)[nH]c(NC(=O)NCCCCCCNC(=O)NCCCCCC[NH3+])n1. The van der Waals surface area contributed by atoms with Gasteiger partial charge in [-0.25, -0.2) is 14.6 Å². The fourth-order valence-corrected chi connectivity index (χ4v) is 2.72. The van der Waals surface area contributed by atoms with Gasteiger partial charge in [0.1, 0.15) is 0 Å². The Kier molecular flexibility index (Phi) is 12.9. The second-order valence-corrected chi connectivity index (χ2v) is 6.98. The van der Waals surface area contributed by atoms with E-state index in [0.29, 0.717) is 25.3 Å². The van der Waals surface area contributed by atoms with Crippen LogP contribution in [-0.2, 0) is 0 Å². The molecule has 0 unspecified atom stereocenters. The van der Waals surface area contributed by atoms with Crippen molar-refractivity contribution < 1.29 is 15.3 Å². The third-order valence-corrected chi connectivity index (χ3v) is 4.24. The number of amides is 4. The number of H-pyrrole nitrogens is 1. The Morgan fingerprint density at radius 1 is 0.897 bits per heavy atom. The molecule has 1 rings (SSSR count). The zero-order chi connectivity index (χ0) is 21.3. The van der Waals surface area contributed by atoms with E-state index in [1.165, 1.54) is 12.5 Å². The van der Waals surface area contributed by atoms with Crippen LogP contribution < -0.4 is 32.6 Å². The zero-order valence-electron chi connectivity index (χ0n) is 17.4. The fourth-order valence-electron chi connectivity index (χ4n) is 2.72. The van der Waals surface area contributed by atoms with E-state index in [1.807, 2.05) is 0 Å². The summed E-state index contributed by atoms with van der Waals surface area (Å²) in [6.07, 6.45) is 8.12. The van der Waals surface area contributed by atoms with Crippen molar-refractivity contribution in [2.75, 3.05) is 31.5 Å². The Hall–Kier alpha value is -2.62. The van der Waals surface area contributed by atoms with E-state index in [9.17, 15) is 14.4 Å². The second kappa shape index (κ2) is 15.3. The van der Waals surface area contributed by atoms with Gasteiger partial charge >= 0.3 is 12.1 Å². The van der Waals surface area contributed by atoms with Gasteiger partial charge in [0.05, 0.1) is 6.54 Å². The number of carbonyl (C=O) groups excluding carboxylic acids is 2. The highest BCUT2D eigenvalue weighted by molar-refractivity contribution is 5.87. The monoisotopic (exact) mass is 410 g/mol. The molecule has 1 aromatic rings. The number of aryl methyl sites for hydroxylation is 1. The van der Waals surface area contributed by atoms with Crippen molar-refractivity contribution in [3.63, 3.8) is 0 Å². The first-order valence-corrected chi connectivity index (χ1v) is 10.4. The van der Waals surface area contributed by atoms with Gasteiger partial charge < -0.3 is 21.7 Å². The van der Waals surface area contributed by atoms with Gasteiger partial charge in [0, 0.05) is 31.4 Å². The second-order valence-electron chi connectivity index (χ2n) is 6.98. The minimum atomic E-state index is -0.400. The molecule has 1 aromatic heterocycles. The number of hydrogen-bond donors (Lipinski definition) is 6. The molecule has 0 radical (unpaired) electrons. The maximum absolute atomic E-state index is 11.8. The van der Waals surface area contributed by atoms with Crippen molar-refractivity contribution in [3.05, 3.63) is 22.1 Å². The van der Waals surface area contributed by atoms with Gasteiger partial charge in [-0.05, 0) is 39.0 Å². The van der Waals surface area contributed by atoms with E-state index < -0.39 is 6.03 Å². The van der Waals surface area contributed by atoms with E-state index in [0.717, 1.165) is 51.5 Å². The minimum absolute atomic E-state index is 0.108. The first-order chi connectivity index (χ1) is 14.0. The number of anilines is 1. The van der Waals surface area contributed by atoms with Gasteiger partial charge in [-0.2, -0.15) is 0 Å². The highest BCUT2D eigenvalue weighted by Gasteiger charge is 2.04. The van der Waals surface area contributed by atoms with Crippen LogP contribution in [0.4, 0.5) is 15.5 Å². The smallest absolute Gasteiger partial charge is 0.321 e. The Morgan fingerprint density at radius 2 is 1.41 bits per heavy atom. The number of unbranched alkanes of at least 4 members (excludes halogenated alkanes) is 6. The molecule has 1 heterocycles. The molecule has 0 aliphatic heterocycles. The van der Waals surface area contributed by atoms with Crippen molar-refractivity contribution in [1.29, 1.82) is 0 Å². The lowest BCUT2D eigenvalue weighted by molar-refractivity contribution is -0.368. The van der Waals surface area contributed by atoms with E-state index in [1.54, 1.807) is 6.92 Å². The van der Waals surface area contributed by atoms with Gasteiger partial charge in [-0.3, -0.25) is 15.1 Å². The van der Waals surface area contributed by atoms with Crippen LogP contribution in [-0.4, -0.2) is 48.2 Å². The summed E-state index contributed by atoms with van der Waals surface area (Å²) in [5.41, 5.74) is 4.04. The topological polar surface area (TPSA) is 156 Å². The van der Waals surface area contributed by atoms with Crippen LogP contribution in [0, 0.1) is 6.92 Å². The molecular formula is C19H36N7O3+. The Balaban J connectivity index is 1.94. The number of quaternary nitrogens is 1. The third-order valence-electron chi connectivity index (χ3n) is 4.24. The fraction of sp³-hybridized carbons (Fsp3) is 0.684. The predicted molar refractivity (Wildman–Crippen MR) is 113 cm³/mol. The van der Waals surface area contributed by atoms with Gasteiger partial charge in [0.25, 0.3) is 5.56 Å². The molecule has 0 atom stereocenters. The van der Waals surface area contributed by atoms with Crippen molar-refractivity contribution in [2.45, 2.75) is 58.3 Å². The first kappa shape index (κ1) is 24.4. The largest absolute Gasteiger partial charge is 0.358 e. The van der Waals surface area contributed by atoms with E-state index in [4.69, 9.17) is 0 Å². The number of aromatic nitrogens is 2. The molecule has 0 aromatic carbocycles. The van der Waals surface area contributed by atoms with E-state index >= 15 is 0 Å². The third kappa shape index (κ3) is 13.2. The van der Waals surface area contributed by atoms with Crippen LogP contribution in [0.25, 0.3) is 0 Å². The van der Waals surface area contributed by atoms with Crippen LogP contribution >= 0.6 is 0 Å². The number of nitrogens with zero attached hydrogens (tertiary/aromatic N) is 1. The number of rotatable bonds is 14. The zero-order valence-corrected chi connectivity index (χ0v) is 17.4. The lowest BCUT2D eigenvalue weighted by atomic mass is 10.2. The van der Waals surface area contributed by atoms with Crippen molar-refractivity contribution >= 4 is 18.0 Å². The number of aromatic amines is 1.